The van der Waals surface area contributed by atoms with Crippen LogP contribution in [0.4, 0.5) is 15.8 Å². The lowest BCUT2D eigenvalue weighted by molar-refractivity contribution is -0.394. The first kappa shape index (κ1) is 25.3. The molecule has 1 aliphatic heterocycles. The van der Waals surface area contributed by atoms with Crippen molar-refractivity contribution in [1.82, 2.24) is 0 Å². The highest BCUT2D eigenvalue weighted by Gasteiger charge is 2.55. The zero-order chi connectivity index (χ0) is 23.6. The minimum atomic E-state index is -2.13. The molecule has 0 N–H and O–H groups in total. The highest BCUT2D eigenvalue weighted by Crippen LogP contribution is 2.44. The average molecular weight is 621 g/mol. The van der Waals surface area contributed by atoms with Gasteiger partial charge in [-0.15, -0.1) is 0 Å². The molecule has 0 spiro atoms. The SMILES string of the molecule is CC1(C)O[C@@H]([C@@H](COC(=O)c2cc([N+](=O)[O-])cc([N+](=O)[O-])c2)OC=O)[C@@H]([C@@](F)(Br)I)O1. The molecular formula is C16H15BrFIN2O10. The Labute approximate surface area is 195 Å². The quantitative estimate of drug-likeness (QED) is 0.100. The monoisotopic (exact) mass is 620 g/mol. The van der Waals surface area contributed by atoms with Crippen LogP contribution < -0.4 is 0 Å². The third-order valence-corrected chi connectivity index (χ3v) is 5.05. The first-order chi connectivity index (χ1) is 14.2. The fourth-order valence-electron chi connectivity index (χ4n) is 2.76. The molecule has 0 radical (unpaired) electrons. The van der Waals surface area contributed by atoms with Gasteiger partial charge in [-0.25, -0.2) is 9.18 Å². The molecule has 12 nitrogen and oxygen atoms in total. The van der Waals surface area contributed by atoms with E-state index in [9.17, 15) is 34.2 Å². The standard InChI is InChI=1S/C16H15BrFIN2O10/c1-15(2)30-12(13(31-15)16(17,18)19)11(29-7-22)6-28-14(23)8-3-9(20(24)25)5-10(4-8)21(26)27/h3-5,7,11-13H,6H2,1-2H3/t11-,12+,13+,16+/m1/s1. The summed E-state index contributed by atoms with van der Waals surface area (Å²) >= 11 is 4.22. The molecule has 0 aliphatic carbocycles. The lowest BCUT2D eigenvalue weighted by Crippen LogP contribution is -2.46. The molecule has 0 amide bonds. The predicted octanol–water partition coefficient (Wildman–Crippen LogP) is 3.17. The molecule has 1 aromatic carbocycles. The van der Waals surface area contributed by atoms with E-state index in [1.807, 2.05) is 0 Å². The van der Waals surface area contributed by atoms with Crippen LogP contribution in [-0.4, -0.2) is 55.6 Å². The van der Waals surface area contributed by atoms with Crippen LogP contribution in [0.15, 0.2) is 18.2 Å². The van der Waals surface area contributed by atoms with Crippen molar-refractivity contribution < 1.29 is 42.8 Å². The van der Waals surface area contributed by atoms with Gasteiger partial charge in [-0.1, -0.05) is 0 Å². The number of halogens is 3. The number of nitro groups is 2. The summed E-state index contributed by atoms with van der Waals surface area (Å²) in [5, 5.41) is 21.9. The second-order valence-electron chi connectivity index (χ2n) is 6.68. The van der Waals surface area contributed by atoms with Crippen LogP contribution in [0.3, 0.4) is 0 Å². The van der Waals surface area contributed by atoms with E-state index in [2.05, 4.69) is 15.9 Å². The molecule has 31 heavy (non-hydrogen) atoms. The Morgan fingerprint density at radius 1 is 1.32 bits per heavy atom. The number of non-ortho nitro benzene ring substituents is 2. The van der Waals surface area contributed by atoms with Gasteiger partial charge in [0.05, 0.1) is 21.5 Å². The average Bonchev–Trinajstić information content (AvgIpc) is 3.00. The Morgan fingerprint density at radius 2 is 1.87 bits per heavy atom. The Balaban J connectivity index is 2.24. The van der Waals surface area contributed by atoms with Gasteiger partial charge in [-0.3, -0.25) is 25.0 Å². The van der Waals surface area contributed by atoms with Gasteiger partial charge in [-0.2, -0.15) is 0 Å². The van der Waals surface area contributed by atoms with Crippen LogP contribution in [0.2, 0.25) is 0 Å². The van der Waals surface area contributed by atoms with Gasteiger partial charge >= 0.3 is 5.97 Å². The highest BCUT2D eigenvalue weighted by atomic mass is 127. The molecule has 0 unspecified atom stereocenters. The molecule has 0 saturated carbocycles. The van der Waals surface area contributed by atoms with Crippen molar-refractivity contribution in [3.63, 3.8) is 0 Å². The van der Waals surface area contributed by atoms with E-state index in [1.54, 1.807) is 0 Å². The molecule has 1 aliphatic rings. The molecule has 1 aromatic rings. The largest absolute Gasteiger partial charge is 0.458 e. The van der Waals surface area contributed by atoms with Gasteiger partial charge < -0.3 is 18.9 Å². The highest BCUT2D eigenvalue weighted by molar-refractivity contribution is 14.1. The molecule has 15 heteroatoms. The van der Waals surface area contributed by atoms with E-state index >= 15 is 0 Å². The van der Waals surface area contributed by atoms with Gasteiger partial charge in [0, 0.05) is 12.1 Å². The Kier molecular flexibility index (Phi) is 7.88. The van der Waals surface area contributed by atoms with E-state index in [0.717, 1.165) is 12.1 Å². The van der Waals surface area contributed by atoms with Gasteiger partial charge in [0.15, 0.2) is 11.9 Å². The fraction of sp³-hybridized carbons (Fsp3) is 0.500. The fourth-order valence-corrected chi connectivity index (χ4v) is 3.60. The van der Waals surface area contributed by atoms with Crippen molar-refractivity contribution >= 4 is 62.3 Å². The topological polar surface area (TPSA) is 157 Å². The molecule has 2 rings (SSSR count). The summed E-state index contributed by atoms with van der Waals surface area (Å²) in [7, 11) is 0. The number of hydrogen-bond donors (Lipinski definition) is 0. The molecule has 1 fully saturated rings. The second-order valence-corrected chi connectivity index (χ2v) is 10.9. The Bertz CT molecular complexity index is 861. The number of benzene rings is 1. The summed E-state index contributed by atoms with van der Waals surface area (Å²) < 4.78 is 33.4. The maximum Gasteiger partial charge on any atom is 0.338 e. The predicted molar refractivity (Wildman–Crippen MR) is 112 cm³/mol. The molecule has 170 valence electrons. The van der Waals surface area contributed by atoms with Crippen molar-refractivity contribution in [3.05, 3.63) is 44.0 Å². The number of hydrogen-bond acceptors (Lipinski definition) is 10. The number of rotatable bonds is 9. The summed E-state index contributed by atoms with van der Waals surface area (Å²) in [6, 6.07) is 2.27. The summed E-state index contributed by atoms with van der Waals surface area (Å²) in [4.78, 5) is 43.4. The molecule has 0 aromatic heterocycles. The number of carbonyl (C=O) groups is 2. The number of esters is 1. The molecule has 0 bridgehead atoms. The molecule has 4 atom stereocenters. The van der Waals surface area contributed by atoms with Crippen LogP contribution >= 0.6 is 38.5 Å². The van der Waals surface area contributed by atoms with Crippen LogP contribution in [0, 0.1) is 20.2 Å². The summed E-state index contributed by atoms with van der Waals surface area (Å²) in [5.41, 5.74) is -1.86. The number of nitro benzene ring substituents is 2. The van der Waals surface area contributed by atoms with Crippen molar-refractivity contribution in [2.75, 3.05) is 6.61 Å². The van der Waals surface area contributed by atoms with E-state index in [4.69, 9.17) is 18.9 Å². The van der Waals surface area contributed by atoms with Crippen molar-refractivity contribution in [2.24, 2.45) is 0 Å². The second kappa shape index (κ2) is 9.66. The van der Waals surface area contributed by atoms with Crippen molar-refractivity contribution in [3.8, 4) is 0 Å². The first-order valence-electron chi connectivity index (χ1n) is 8.37. The molecule has 1 saturated heterocycles. The molecular weight excluding hydrogens is 606 g/mol. The zero-order valence-electron chi connectivity index (χ0n) is 15.9. The number of nitrogens with zero attached hydrogens (tertiary/aromatic N) is 2. The van der Waals surface area contributed by atoms with Gasteiger partial charge in [0.2, 0.25) is 2.58 Å². The van der Waals surface area contributed by atoms with Crippen LogP contribution in [-0.2, 0) is 23.7 Å². The minimum Gasteiger partial charge on any atom is -0.458 e. The van der Waals surface area contributed by atoms with E-state index in [1.165, 1.54) is 36.4 Å². The summed E-state index contributed by atoms with van der Waals surface area (Å²) in [6.07, 6.45) is -3.79. The van der Waals surface area contributed by atoms with Gasteiger partial charge in [-0.05, 0) is 52.4 Å². The maximum absolute atomic E-state index is 14.5. The van der Waals surface area contributed by atoms with E-state index in [0.29, 0.717) is 6.07 Å². The van der Waals surface area contributed by atoms with Gasteiger partial charge in [0.1, 0.15) is 18.8 Å². The maximum atomic E-state index is 14.5. The van der Waals surface area contributed by atoms with Crippen LogP contribution in [0.25, 0.3) is 0 Å². The Hall–Kier alpha value is -1.98. The smallest absolute Gasteiger partial charge is 0.338 e. The van der Waals surface area contributed by atoms with Crippen molar-refractivity contribution in [2.45, 2.75) is 40.5 Å². The summed E-state index contributed by atoms with van der Waals surface area (Å²) in [5.74, 6) is -2.42. The number of carbonyl (C=O) groups excluding carboxylic acids is 2. The Morgan fingerprint density at radius 3 is 2.32 bits per heavy atom. The number of ether oxygens (including phenoxy) is 4. The first-order valence-corrected chi connectivity index (χ1v) is 10.2. The zero-order valence-corrected chi connectivity index (χ0v) is 19.6. The minimum absolute atomic E-state index is 0.0454. The van der Waals surface area contributed by atoms with Crippen molar-refractivity contribution in [1.29, 1.82) is 0 Å². The van der Waals surface area contributed by atoms with Crippen LogP contribution in [0.1, 0.15) is 24.2 Å². The normalized spacial score (nSPS) is 22.7. The number of alkyl halides is 3. The van der Waals surface area contributed by atoms with E-state index < -0.39 is 66.0 Å². The third-order valence-electron chi connectivity index (χ3n) is 3.99. The lowest BCUT2D eigenvalue weighted by Gasteiger charge is -2.27. The van der Waals surface area contributed by atoms with Gasteiger partial charge in [0.25, 0.3) is 17.8 Å². The molecule has 1 heterocycles. The summed E-state index contributed by atoms with van der Waals surface area (Å²) in [6.45, 7) is 2.40. The third kappa shape index (κ3) is 6.50. The lowest BCUT2D eigenvalue weighted by atomic mass is 10.1. The van der Waals surface area contributed by atoms with E-state index in [-0.39, 0.29) is 6.47 Å². The van der Waals surface area contributed by atoms with Crippen LogP contribution in [0.5, 0.6) is 0 Å².